The molecule has 158 valence electrons. The number of para-hydroxylation sites is 1. The van der Waals surface area contributed by atoms with Crippen molar-refractivity contribution in [1.82, 2.24) is 19.8 Å². The maximum Gasteiger partial charge on any atom is 0.123 e. The molecule has 2 aromatic rings. The third-order valence-corrected chi connectivity index (χ3v) is 5.59. The Labute approximate surface area is 174 Å². The van der Waals surface area contributed by atoms with Crippen LogP contribution >= 0.6 is 0 Å². The number of likely N-dealkylation sites (N-methyl/N-ethyl adjacent to an activating group) is 1. The maximum absolute atomic E-state index is 10.5. The van der Waals surface area contributed by atoms with E-state index < -0.39 is 6.10 Å². The summed E-state index contributed by atoms with van der Waals surface area (Å²) in [6.07, 6.45) is 11.1. The van der Waals surface area contributed by atoms with Gasteiger partial charge in [-0.05, 0) is 33.0 Å². The lowest BCUT2D eigenvalue weighted by molar-refractivity contribution is 0.0556. The Morgan fingerprint density at radius 1 is 1.10 bits per heavy atom. The van der Waals surface area contributed by atoms with Gasteiger partial charge in [0, 0.05) is 49.8 Å². The number of ether oxygens (including phenoxy) is 1. The summed E-state index contributed by atoms with van der Waals surface area (Å²) in [5.41, 5.74) is 2.04. The van der Waals surface area contributed by atoms with Crippen LogP contribution in [-0.2, 0) is 13.1 Å². The molecule has 0 bridgehead atoms. The van der Waals surface area contributed by atoms with Gasteiger partial charge in [0.25, 0.3) is 0 Å². The number of aliphatic hydroxyl groups is 1. The van der Waals surface area contributed by atoms with Crippen molar-refractivity contribution in [2.24, 2.45) is 0 Å². The van der Waals surface area contributed by atoms with Crippen molar-refractivity contribution in [1.29, 1.82) is 0 Å². The van der Waals surface area contributed by atoms with Gasteiger partial charge in [0.2, 0.25) is 0 Å². The number of hydrogen-bond acceptors (Lipinski definition) is 6. The average molecular weight is 399 g/mol. The predicted molar refractivity (Wildman–Crippen MR) is 115 cm³/mol. The van der Waals surface area contributed by atoms with Gasteiger partial charge in [-0.1, -0.05) is 37.5 Å². The highest BCUT2D eigenvalue weighted by Crippen LogP contribution is 2.23. The molecule has 1 unspecified atom stereocenters. The van der Waals surface area contributed by atoms with Crippen molar-refractivity contribution in [2.45, 2.75) is 57.3 Å². The zero-order chi connectivity index (χ0) is 20.5. The fourth-order valence-electron chi connectivity index (χ4n) is 4.05. The molecule has 6 heteroatoms. The zero-order valence-electron chi connectivity index (χ0n) is 17.7. The van der Waals surface area contributed by atoms with Crippen LogP contribution in [0.15, 0.2) is 42.9 Å². The van der Waals surface area contributed by atoms with Gasteiger partial charge >= 0.3 is 0 Å². The van der Waals surface area contributed by atoms with Gasteiger partial charge in [-0.15, -0.1) is 0 Å². The number of rotatable bonds is 10. The Hall–Kier alpha value is -2.02. The first kappa shape index (κ1) is 21.7. The second-order valence-corrected chi connectivity index (χ2v) is 8.17. The molecule has 0 radical (unpaired) electrons. The van der Waals surface area contributed by atoms with Crippen LogP contribution in [0, 0.1) is 0 Å². The zero-order valence-corrected chi connectivity index (χ0v) is 17.7. The van der Waals surface area contributed by atoms with Gasteiger partial charge in [0.1, 0.15) is 18.5 Å². The number of aliphatic hydroxyl groups excluding tert-OH is 1. The molecule has 1 aromatic heterocycles. The molecule has 1 aliphatic carbocycles. The van der Waals surface area contributed by atoms with E-state index in [1.807, 2.05) is 18.2 Å². The van der Waals surface area contributed by atoms with E-state index in [9.17, 15) is 5.11 Å². The van der Waals surface area contributed by atoms with Gasteiger partial charge in [0.15, 0.2) is 0 Å². The minimum atomic E-state index is -0.493. The van der Waals surface area contributed by atoms with E-state index in [-0.39, 0.29) is 0 Å². The Bertz CT molecular complexity index is 722. The number of nitrogens with zero attached hydrogens (tertiary/aromatic N) is 4. The molecule has 0 spiro atoms. The van der Waals surface area contributed by atoms with Crippen molar-refractivity contribution in [3.8, 4) is 5.75 Å². The van der Waals surface area contributed by atoms with Gasteiger partial charge < -0.3 is 14.7 Å². The number of aromatic nitrogens is 2. The third kappa shape index (κ3) is 7.07. The largest absolute Gasteiger partial charge is 0.491 e. The molecular formula is C23H34N4O2. The summed E-state index contributed by atoms with van der Waals surface area (Å²) >= 11 is 0. The second-order valence-electron chi connectivity index (χ2n) is 8.17. The smallest absolute Gasteiger partial charge is 0.123 e. The lowest BCUT2D eigenvalue weighted by atomic mass is 9.94. The monoisotopic (exact) mass is 398 g/mol. The van der Waals surface area contributed by atoms with Crippen molar-refractivity contribution in [3.05, 3.63) is 54.1 Å². The summed E-state index contributed by atoms with van der Waals surface area (Å²) < 4.78 is 6.01. The summed E-state index contributed by atoms with van der Waals surface area (Å²) in [5, 5.41) is 10.5. The average Bonchev–Trinajstić information content (AvgIpc) is 2.74. The molecule has 3 rings (SSSR count). The Kier molecular flexibility index (Phi) is 8.40. The van der Waals surface area contributed by atoms with Gasteiger partial charge in [-0.25, -0.2) is 0 Å². The first-order valence-corrected chi connectivity index (χ1v) is 10.6. The highest BCUT2D eigenvalue weighted by Gasteiger charge is 2.20. The van der Waals surface area contributed by atoms with E-state index in [1.54, 1.807) is 18.6 Å². The summed E-state index contributed by atoms with van der Waals surface area (Å²) in [7, 11) is 4.17. The molecule has 1 atom stereocenters. The summed E-state index contributed by atoms with van der Waals surface area (Å²) in [6.45, 7) is 2.42. The van der Waals surface area contributed by atoms with E-state index in [0.717, 1.165) is 30.1 Å². The normalized spacial score (nSPS) is 16.3. The quantitative estimate of drug-likeness (QED) is 0.664. The summed E-state index contributed by atoms with van der Waals surface area (Å²) in [5.74, 6) is 0.831. The van der Waals surface area contributed by atoms with Crippen molar-refractivity contribution < 1.29 is 9.84 Å². The lowest BCUT2D eigenvalue weighted by Crippen LogP contribution is -2.40. The van der Waals surface area contributed by atoms with E-state index in [2.05, 4.69) is 39.9 Å². The Balaban J connectivity index is 1.49. The number of hydrogen-bond donors (Lipinski definition) is 1. The van der Waals surface area contributed by atoms with Crippen LogP contribution in [0.5, 0.6) is 5.75 Å². The maximum atomic E-state index is 10.5. The first-order valence-electron chi connectivity index (χ1n) is 10.6. The number of benzene rings is 1. The Morgan fingerprint density at radius 3 is 2.66 bits per heavy atom. The highest BCUT2D eigenvalue weighted by atomic mass is 16.5. The molecule has 1 N–H and O–H groups in total. The van der Waals surface area contributed by atoms with Gasteiger partial charge in [-0.3, -0.25) is 14.9 Å². The van der Waals surface area contributed by atoms with Crippen LogP contribution in [0.4, 0.5) is 0 Å². The molecule has 6 nitrogen and oxygen atoms in total. The van der Waals surface area contributed by atoms with E-state index in [0.29, 0.717) is 19.2 Å². The van der Waals surface area contributed by atoms with E-state index in [1.165, 1.54) is 32.1 Å². The van der Waals surface area contributed by atoms with Crippen molar-refractivity contribution in [3.63, 3.8) is 0 Å². The molecule has 1 heterocycles. The third-order valence-electron chi connectivity index (χ3n) is 5.59. The van der Waals surface area contributed by atoms with Crippen LogP contribution in [0.1, 0.15) is 43.4 Å². The fourth-order valence-corrected chi connectivity index (χ4v) is 4.05. The van der Waals surface area contributed by atoms with Crippen molar-refractivity contribution >= 4 is 0 Å². The molecule has 0 amide bonds. The predicted octanol–water partition coefficient (Wildman–Crippen LogP) is 3.11. The minimum absolute atomic E-state index is 0.307. The molecule has 1 aliphatic rings. The summed E-state index contributed by atoms with van der Waals surface area (Å²) in [6, 6.07) is 8.64. The topological polar surface area (TPSA) is 61.7 Å². The molecule has 1 aromatic carbocycles. The van der Waals surface area contributed by atoms with Crippen LogP contribution in [0.2, 0.25) is 0 Å². The second kappa shape index (κ2) is 11.2. The summed E-state index contributed by atoms with van der Waals surface area (Å²) in [4.78, 5) is 12.9. The molecular weight excluding hydrogens is 364 g/mol. The van der Waals surface area contributed by atoms with Crippen LogP contribution < -0.4 is 4.74 Å². The SMILES string of the molecule is CN(Cc1cnccn1)Cc1ccccc1OCC(O)CN(C)C1CCCCC1. The van der Waals surface area contributed by atoms with Crippen LogP contribution in [0.25, 0.3) is 0 Å². The standard InChI is InChI=1S/C23H34N4O2/c1-26(16-20-14-24-12-13-25-20)15-19-8-6-7-11-23(19)29-18-22(28)17-27(2)21-9-4-3-5-10-21/h6-8,11-14,21-22,28H,3-5,9-10,15-18H2,1-2H3. The van der Waals surface area contributed by atoms with Gasteiger partial charge in [-0.2, -0.15) is 0 Å². The first-order chi connectivity index (χ1) is 14.1. The van der Waals surface area contributed by atoms with E-state index in [4.69, 9.17) is 4.74 Å². The molecule has 1 saturated carbocycles. The van der Waals surface area contributed by atoms with Gasteiger partial charge in [0.05, 0.1) is 5.69 Å². The molecule has 0 aliphatic heterocycles. The lowest BCUT2D eigenvalue weighted by Gasteiger charge is -2.32. The molecule has 29 heavy (non-hydrogen) atoms. The van der Waals surface area contributed by atoms with E-state index >= 15 is 0 Å². The molecule has 1 fully saturated rings. The van der Waals surface area contributed by atoms with Crippen molar-refractivity contribution in [2.75, 3.05) is 27.2 Å². The Morgan fingerprint density at radius 2 is 1.90 bits per heavy atom. The minimum Gasteiger partial charge on any atom is -0.491 e. The van der Waals surface area contributed by atoms with Crippen LogP contribution in [-0.4, -0.2) is 64.3 Å². The fraction of sp³-hybridized carbons (Fsp3) is 0.565. The molecule has 0 saturated heterocycles. The highest BCUT2D eigenvalue weighted by molar-refractivity contribution is 5.33. The van der Waals surface area contributed by atoms with Crippen LogP contribution in [0.3, 0.4) is 0 Å².